The second kappa shape index (κ2) is 6.15. The molecule has 0 saturated carbocycles. The van der Waals surface area contributed by atoms with E-state index in [-0.39, 0.29) is 11.7 Å². The number of carbonyl (C=O) groups excluding carboxylic acids is 2. The van der Waals surface area contributed by atoms with Crippen LogP contribution in [0.1, 0.15) is 30.6 Å². The van der Waals surface area contributed by atoms with Gasteiger partial charge in [-0.2, -0.15) is 0 Å². The summed E-state index contributed by atoms with van der Waals surface area (Å²) < 4.78 is 0. The first-order chi connectivity index (χ1) is 9.60. The van der Waals surface area contributed by atoms with Crippen molar-refractivity contribution in [2.45, 2.75) is 20.3 Å². The normalized spacial score (nSPS) is 10.1. The number of anilines is 1. The fourth-order valence-electron chi connectivity index (χ4n) is 2.03. The van der Waals surface area contributed by atoms with E-state index >= 15 is 0 Å². The minimum Gasteiger partial charge on any atom is -0.326 e. The SMILES string of the molecule is CCC(=O)c1ccc(-c2cccc(NC(C)=O)c2)cc1. The van der Waals surface area contributed by atoms with Crippen LogP contribution in [0, 0.1) is 0 Å². The zero-order valence-corrected chi connectivity index (χ0v) is 11.6. The lowest BCUT2D eigenvalue weighted by Crippen LogP contribution is -2.05. The molecule has 1 N–H and O–H groups in total. The third kappa shape index (κ3) is 3.32. The van der Waals surface area contributed by atoms with Crippen molar-refractivity contribution in [2.75, 3.05) is 5.32 Å². The molecule has 0 aliphatic rings. The average molecular weight is 267 g/mol. The smallest absolute Gasteiger partial charge is 0.221 e. The van der Waals surface area contributed by atoms with E-state index in [4.69, 9.17) is 0 Å². The lowest BCUT2D eigenvalue weighted by atomic mass is 10.0. The molecule has 0 bridgehead atoms. The fraction of sp³-hybridized carbons (Fsp3) is 0.176. The molecule has 0 aliphatic carbocycles. The minimum absolute atomic E-state index is 0.0916. The van der Waals surface area contributed by atoms with Crippen molar-refractivity contribution < 1.29 is 9.59 Å². The molecule has 0 spiro atoms. The van der Waals surface area contributed by atoms with Crippen molar-refractivity contribution in [3.8, 4) is 11.1 Å². The molecule has 3 nitrogen and oxygen atoms in total. The maximum absolute atomic E-state index is 11.6. The Morgan fingerprint density at radius 3 is 2.30 bits per heavy atom. The molecule has 0 atom stereocenters. The highest BCUT2D eigenvalue weighted by atomic mass is 16.1. The molecular formula is C17H17NO2. The summed E-state index contributed by atoms with van der Waals surface area (Å²) in [7, 11) is 0. The lowest BCUT2D eigenvalue weighted by Gasteiger charge is -2.07. The molecule has 2 aromatic carbocycles. The zero-order chi connectivity index (χ0) is 14.5. The highest BCUT2D eigenvalue weighted by Crippen LogP contribution is 2.23. The number of carbonyl (C=O) groups is 2. The maximum atomic E-state index is 11.6. The molecule has 102 valence electrons. The summed E-state index contributed by atoms with van der Waals surface area (Å²) in [4.78, 5) is 22.7. The standard InChI is InChI=1S/C17H17NO2/c1-3-17(20)14-9-7-13(8-10-14)15-5-4-6-16(11-15)18-12(2)19/h4-11H,3H2,1-2H3,(H,18,19). The average Bonchev–Trinajstić information content (AvgIpc) is 2.46. The first-order valence-corrected chi connectivity index (χ1v) is 6.61. The van der Waals surface area contributed by atoms with E-state index in [2.05, 4.69) is 5.32 Å². The summed E-state index contributed by atoms with van der Waals surface area (Å²) in [5.74, 6) is 0.0505. The molecule has 2 aromatic rings. The molecule has 2 rings (SSSR count). The van der Waals surface area contributed by atoms with E-state index in [0.717, 1.165) is 22.4 Å². The summed E-state index contributed by atoms with van der Waals surface area (Å²) in [5.41, 5.74) is 3.52. The number of amides is 1. The summed E-state index contributed by atoms with van der Waals surface area (Å²) in [5, 5.41) is 2.76. The van der Waals surface area contributed by atoms with Crippen LogP contribution < -0.4 is 5.32 Å². The molecule has 0 radical (unpaired) electrons. The summed E-state index contributed by atoms with van der Waals surface area (Å²) in [6.45, 7) is 3.34. The number of nitrogens with one attached hydrogen (secondary N) is 1. The zero-order valence-electron chi connectivity index (χ0n) is 11.6. The molecule has 0 aliphatic heterocycles. The number of hydrogen-bond donors (Lipinski definition) is 1. The number of Topliss-reactive ketones (excluding diaryl/α,β-unsaturated/α-hetero) is 1. The lowest BCUT2D eigenvalue weighted by molar-refractivity contribution is -0.114. The van der Waals surface area contributed by atoms with Gasteiger partial charge in [0.05, 0.1) is 0 Å². The highest BCUT2D eigenvalue weighted by Gasteiger charge is 2.04. The number of benzene rings is 2. The van der Waals surface area contributed by atoms with Crippen molar-refractivity contribution in [1.29, 1.82) is 0 Å². The van der Waals surface area contributed by atoms with Gasteiger partial charge < -0.3 is 5.32 Å². The van der Waals surface area contributed by atoms with Crippen LogP contribution in [-0.4, -0.2) is 11.7 Å². The van der Waals surface area contributed by atoms with Gasteiger partial charge in [0.2, 0.25) is 5.91 Å². The van der Waals surface area contributed by atoms with Crippen LogP contribution in [0.4, 0.5) is 5.69 Å². The highest BCUT2D eigenvalue weighted by molar-refractivity contribution is 5.96. The Morgan fingerprint density at radius 2 is 1.70 bits per heavy atom. The van der Waals surface area contributed by atoms with Crippen molar-refractivity contribution in [3.05, 3.63) is 54.1 Å². The van der Waals surface area contributed by atoms with Gasteiger partial charge in [0.1, 0.15) is 0 Å². The fourth-order valence-corrected chi connectivity index (χ4v) is 2.03. The summed E-state index contributed by atoms with van der Waals surface area (Å²) >= 11 is 0. The van der Waals surface area contributed by atoms with Crippen LogP contribution in [0.25, 0.3) is 11.1 Å². The molecule has 0 fully saturated rings. The molecule has 1 amide bonds. The van der Waals surface area contributed by atoms with E-state index < -0.39 is 0 Å². The molecule has 0 saturated heterocycles. The van der Waals surface area contributed by atoms with Crippen LogP contribution in [0.3, 0.4) is 0 Å². The molecule has 0 aromatic heterocycles. The number of rotatable bonds is 4. The van der Waals surface area contributed by atoms with Crippen molar-refractivity contribution >= 4 is 17.4 Å². The van der Waals surface area contributed by atoms with Gasteiger partial charge in [0.25, 0.3) is 0 Å². The Kier molecular flexibility index (Phi) is 4.31. The van der Waals surface area contributed by atoms with Gasteiger partial charge in [-0.05, 0) is 23.3 Å². The topological polar surface area (TPSA) is 46.2 Å². The second-order valence-electron chi connectivity index (χ2n) is 4.62. The Bertz CT molecular complexity index is 630. The Hall–Kier alpha value is -2.42. The van der Waals surface area contributed by atoms with Gasteiger partial charge in [-0.15, -0.1) is 0 Å². The molecule has 3 heteroatoms. The van der Waals surface area contributed by atoms with Crippen LogP contribution in [-0.2, 0) is 4.79 Å². The summed E-state index contributed by atoms with van der Waals surface area (Å²) in [6, 6.07) is 15.2. The van der Waals surface area contributed by atoms with Gasteiger partial charge in [-0.3, -0.25) is 9.59 Å². The quantitative estimate of drug-likeness (QED) is 0.854. The van der Waals surface area contributed by atoms with E-state index in [1.165, 1.54) is 6.92 Å². The van der Waals surface area contributed by atoms with Gasteiger partial charge in [0, 0.05) is 24.6 Å². The third-order valence-electron chi connectivity index (χ3n) is 3.04. The minimum atomic E-state index is -0.0916. The second-order valence-corrected chi connectivity index (χ2v) is 4.62. The van der Waals surface area contributed by atoms with Crippen LogP contribution in [0.2, 0.25) is 0 Å². The van der Waals surface area contributed by atoms with Crippen molar-refractivity contribution in [3.63, 3.8) is 0 Å². The van der Waals surface area contributed by atoms with Gasteiger partial charge >= 0.3 is 0 Å². The van der Waals surface area contributed by atoms with Gasteiger partial charge in [0.15, 0.2) is 5.78 Å². The molecular weight excluding hydrogens is 250 g/mol. The predicted molar refractivity (Wildman–Crippen MR) is 80.8 cm³/mol. The Morgan fingerprint density at radius 1 is 1.00 bits per heavy atom. The van der Waals surface area contributed by atoms with Gasteiger partial charge in [-0.25, -0.2) is 0 Å². The predicted octanol–water partition coefficient (Wildman–Crippen LogP) is 3.90. The van der Waals surface area contributed by atoms with Gasteiger partial charge in [-0.1, -0.05) is 43.3 Å². The van der Waals surface area contributed by atoms with Crippen LogP contribution in [0.15, 0.2) is 48.5 Å². The third-order valence-corrected chi connectivity index (χ3v) is 3.04. The molecule has 0 unspecified atom stereocenters. The maximum Gasteiger partial charge on any atom is 0.221 e. The van der Waals surface area contributed by atoms with E-state index in [1.807, 2.05) is 55.5 Å². The van der Waals surface area contributed by atoms with E-state index in [9.17, 15) is 9.59 Å². The molecule has 0 heterocycles. The summed E-state index contributed by atoms with van der Waals surface area (Å²) in [6.07, 6.45) is 0.511. The van der Waals surface area contributed by atoms with Crippen molar-refractivity contribution in [2.24, 2.45) is 0 Å². The van der Waals surface area contributed by atoms with Crippen LogP contribution >= 0.6 is 0 Å². The first-order valence-electron chi connectivity index (χ1n) is 6.61. The van der Waals surface area contributed by atoms with Crippen molar-refractivity contribution in [1.82, 2.24) is 0 Å². The van der Waals surface area contributed by atoms with Crippen LogP contribution in [0.5, 0.6) is 0 Å². The molecule has 20 heavy (non-hydrogen) atoms. The van der Waals surface area contributed by atoms with E-state index in [1.54, 1.807) is 0 Å². The monoisotopic (exact) mass is 267 g/mol. The largest absolute Gasteiger partial charge is 0.326 e. The number of hydrogen-bond acceptors (Lipinski definition) is 2. The first kappa shape index (κ1) is 14.0. The Labute approximate surface area is 118 Å². The Balaban J connectivity index is 2.27. The number of ketones is 1. The van der Waals surface area contributed by atoms with E-state index in [0.29, 0.717) is 6.42 Å².